The van der Waals surface area contributed by atoms with E-state index in [-0.39, 0.29) is 0 Å². The number of benzene rings is 1. The summed E-state index contributed by atoms with van der Waals surface area (Å²) in [6, 6.07) is 10.5. The van der Waals surface area contributed by atoms with Crippen molar-refractivity contribution in [3.05, 3.63) is 42.5 Å². The number of nitrogens with zero attached hydrogens (tertiary/aromatic N) is 4. The van der Waals surface area contributed by atoms with Crippen LogP contribution in [0.1, 0.15) is 45.4 Å². The van der Waals surface area contributed by atoms with Crippen LogP contribution in [0.15, 0.2) is 41.7 Å². The predicted octanol–water partition coefficient (Wildman–Crippen LogP) is 2.90. The summed E-state index contributed by atoms with van der Waals surface area (Å²) < 4.78 is 1.98. The molecular formula is C18H28N6. The number of unbranched alkanes of at least 4 members (excludes halogenated alkanes) is 2. The zero-order valence-corrected chi connectivity index (χ0v) is 14.9. The van der Waals surface area contributed by atoms with E-state index < -0.39 is 0 Å². The van der Waals surface area contributed by atoms with Gasteiger partial charge in [0.15, 0.2) is 11.8 Å². The fraction of sp³-hybridized carbons (Fsp3) is 0.500. The number of para-hydroxylation sites is 1. The Balaban J connectivity index is 1.89. The molecule has 0 aliphatic heterocycles. The zero-order valence-electron chi connectivity index (χ0n) is 14.9. The molecule has 1 heterocycles. The number of guanidine groups is 1. The number of nitrogens with one attached hydrogen (secondary N) is 2. The van der Waals surface area contributed by atoms with E-state index in [2.05, 4.69) is 39.7 Å². The maximum atomic E-state index is 4.30. The van der Waals surface area contributed by atoms with Crippen LogP contribution in [0.3, 0.4) is 0 Å². The van der Waals surface area contributed by atoms with Gasteiger partial charge in [0, 0.05) is 18.8 Å². The Bertz CT molecular complexity index is 619. The highest BCUT2D eigenvalue weighted by atomic mass is 15.3. The largest absolute Gasteiger partial charge is 0.354 e. The van der Waals surface area contributed by atoms with Gasteiger partial charge in [-0.25, -0.2) is 0 Å². The van der Waals surface area contributed by atoms with Crippen molar-refractivity contribution in [2.24, 2.45) is 4.99 Å². The van der Waals surface area contributed by atoms with Gasteiger partial charge >= 0.3 is 0 Å². The first-order valence-corrected chi connectivity index (χ1v) is 8.66. The summed E-state index contributed by atoms with van der Waals surface area (Å²) in [5, 5.41) is 15.0. The molecule has 6 heteroatoms. The molecule has 1 aromatic heterocycles. The third kappa shape index (κ3) is 5.37. The summed E-state index contributed by atoms with van der Waals surface area (Å²) >= 11 is 0. The van der Waals surface area contributed by atoms with Crippen molar-refractivity contribution in [1.29, 1.82) is 0 Å². The molecule has 2 rings (SSSR count). The molecule has 130 valence electrons. The van der Waals surface area contributed by atoms with Crippen molar-refractivity contribution >= 4 is 5.96 Å². The van der Waals surface area contributed by atoms with Crippen molar-refractivity contribution in [2.45, 2.75) is 52.1 Å². The maximum Gasteiger partial charge on any atom is 0.191 e. The number of aliphatic imine (C=N–C) groups is 1. The topological polar surface area (TPSA) is 67.1 Å². The van der Waals surface area contributed by atoms with Gasteiger partial charge < -0.3 is 10.6 Å². The number of rotatable bonds is 8. The quantitative estimate of drug-likeness (QED) is 0.444. The molecule has 0 aliphatic carbocycles. The summed E-state index contributed by atoms with van der Waals surface area (Å²) in [5.74, 6) is 1.64. The van der Waals surface area contributed by atoms with Crippen LogP contribution in [-0.4, -0.2) is 33.8 Å². The van der Waals surface area contributed by atoms with Crippen LogP contribution in [0.2, 0.25) is 0 Å². The Hall–Kier alpha value is -2.37. The molecule has 1 aromatic carbocycles. The second kappa shape index (κ2) is 9.70. The fourth-order valence-corrected chi connectivity index (χ4v) is 2.55. The molecule has 2 aromatic rings. The molecule has 0 amide bonds. The lowest BCUT2D eigenvalue weighted by atomic mass is 10.1. The molecule has 0 spiro atoms. The highest BCUT2D eigenvalue weighted by Crippen LogP contribution is 2.08. The number of hydrogen-bond donors (Lipinski definition) is 2. The second-order valence-corrected chi connectivity index (χ2v) is 5.92. The maximum absolute atomic E-state index is 4.30. The lowest BCUT2D eigenvalue weighted by molar-refractivity contribution is 0.546. The molecule has 0 radical (unpaired) electrons. The molecule has 2 N–H and O–H groups in total. The standard InChI is InChI=1S/C18H28N6/c1-4-5-7-10-15(2)22-18(19-3)20-13-17-23-21-14-24(17)16-11-8-6-9-12-16/h6,8-9,11-12,14-15H,4-5,7,10,13H2,1-3H3,(H2,19,20,22). The van der Waals surface area contributed by atoms with Gasteiger partial charge in [0.05, 0.1) is 6.54 Å². The summed E-state index contributed by atoms with van der Waals surface area (Å²) in [6.07, 6.45) is 6.64. The van der Waals surface area contributed by atoms with E-state index in [0.717, 1.165) is 23.9 Å². The summed E-state index contributed by atoms with van der Waals surface area (Å²) in [5.41, 5.74) is 1.05. The normalized spacial score (nSPS) is 12.9. The Labute approximate surface area is 144 Å². The van der Waals surface area contributed by atoms with Gasteiger partial charge in [-0.05, 0) is 25.5 Å². The Morgan fingerprint density at radius 3 is 2.75 bits per heavy atom. The number of hydrogen-bond acceptors (Lipinski definition) is 3. The van der Waals surface area contributed by atoms with Crippen molar-refractivity contribution in [2.75, 3.05) is 7.05 Å². The Kier molecular flexibility index (Phi) is 7.26. The average molecular weight is 328 g/mol. The lowest BCUT2D eigenvalue weighted by Crippen LogP contribution is -2.42. The highest BCUT2D eigenvalue weighted by Gasteiger charge is 2.09. The van der Waals surface area contributed by atoms with Gasteiger partial charge in [0.2, 0.25) is 0 Å². The Morgan fingerprint density at radius 1 is 1.25 bits per heavy atom. The summed E-state index contributed by atoms with van der Waals surface area (Å²) in [7, 11) is 1.79. The first-order valence-electron chi connectivity index (χ1n) is 8.66. The second-order valence-electron chi connectivity index (χ2n) is 5.92. The van der Waals surface area contributed by atoms with Crippen LogP contribution in [0.4, 0.5) is 0 Å². The van der Waals surface area contributed by atoms with Gasteiger partial charge in [-0.15, -0.1) is 10.2 Å². The minimum Gasteiger partial charge on any atom is -0.354 e. The molecular weight excluding hydrogens is 300 g/mol. The molecule has 0 fully saturated rings. The van der Waals surface area contributed by atoms with E-state index in [9.17, 15) is 0 Å². The first kappa shape index (κ1) is 18.0. The van der Waals surface area contributed by atoms with Crippen LogP contribution in [0.5, 0.6) is 0 Å². The van der Waals surface area contributed by atoms with E-state index >= 15 is 0 Å². The van der Waals surface area contributed by atoms with E-state index in [1.807, 2.05) is 34.9 Å². The lowest BCUT2D eigenvalue weighted by Gasteiger charge is -2.17. The molecule has 0 saturated heterocycles. The van der Waals surface area contributed by atoms with E-state index in [0.29, 0.717) is 12.6 Å². The smallest absolute Gasteiger partial charge is 0.191 e. The van der Waals surface area contributed by atoms with Crippen LogP contribution in [-0.2, 0) is 6.54 Å². The van der Waals surface area contributed by atoms with Crippen LogP contribution >= 0.6 is 0 Å². The molecule has 6 nitrogen and oxygen atoms in total. The van der Waals surface area contributed by atoms with E-state index in [1.165, 1.54) is 19.3 Å². The monoisotopic (exact) mass is 328 g/mol. The van der Waals surface area contributed by atoms with Crippen molar-refractivity contribution in [3.63, 3.8) is 0 Å². The predicted molar refractivity (Wildman–Crippen MR) is 98.3 cm³/mol. The van der Waals surface area contributed by atoms with E-state index in [1.54, 1.807) is 13.4 Å². The van der Waals surface area contributed by atoms with Gasteiger partial charge in [0.1, 0.15) is 6.33 Å². The van der Waals surface area contributed by atoms with E-state index in [4.69, 9.17) is 0 Å². The SMILES string of the molecule is CCCCCC(C)NC(=NC)NCc1nncn1-c1ccccc1. The van der Waals surface area contributed by atoms with Crippen molar-refractivity contribution < 1.29 is 0 Å². The zero-order chi connectivity index (χ0) is 17.2. The molecule has 1 unspecified atom stereocenters. The van der Waals surface area contributed by atoms with Gasteiger partial charge in [-0.1, -0.05) is 44.4 Å². The van der Waals surface area contributed by atoms with Crippen molar-refractivity contribution in [3.8, 4) is 5.69 Å². The highest BCUT2D eigenvalue weighted by molar-refractivity contribution is 5.79. The van der Waals surface area contributed by atoms with Crippen molar-refractivity contribution in [1.82, 2.24) is 25.4 Å². The van der Waals surface area contributed by atoms with Crippen LogP contribution in [0.25, 0.3) is 5.69 Å². The first-order chi connectivity index (χ1) is 11.7. The van der Waals surface area contributed by atoms with Gasteiger partial charge in [-0.2, -0.15) is 0 Å². The molecule has 0 saturated carbocycles. The minimum absolute atomic E-state index is 0.398. The minimum atomic E-state index is 0.398. The average Bonchev–Trinajstić information content (AvgIpc) is 3.08. The van der Waals surface area contributed by atoms with Crippen LogP contribution < -0.4 is 10.6 Å². The van der Waals surface area contributed by atoms with Gasteiger partial charge in [0.25, 0.3) is 0 Å². The molecule has 0 aliphatic rings. The third-order valence-electron chi connectivity index (χ3n) is 3.91. The number of aromatic nitrogens is 3. The molecule has 24 heavy (non-hydrogen) atoms. The van der Waals surface area contributed by atoms with Crippen LogP contribution in [0, 0.1) is 0 Å². The molecule has 0 bridgehead atoms. The summed E-state index contributed by atoms with van der Waals surface area (Å²) in [6.45, 7) is 4.98. The third-order valence-corrected chi connectivity index (χ3v) is 3.91. The molecule has 1 atom stereocenters. The van der Waals surface area contributed by atoms with Gasteiger partial charge in [-0.3, -0.25) is 9.56 Å². The Morgan fingerprint density at radius 2 is 2.04 bits per heavy atom. The summed E-state index contributed by atoms with van der Waals surface area (Å²) in [4.78, 5) is 4.30. The fourth-order valence-electron chi connectivity index (χ4n) is 2.55.